The highest BCUT2D eigenvalue weighted by molar-refractivity contribution is 6.05. The van der Waals surface area contributed by atoms with E-state index in [0.717, 1.165) is 16.5 Å². The van der Waals surface area contributed by atoms with Gasteiger partial charge < -0.3 is 14.4 Å². The van der Waals surface area contributed by atoms with Crippen molar-refractivity contribution < 1.29 is 19.1 Å². The lowest BCUT2D eigenvalue weighted by Crippen LogP contribution is -2.35. The number of hydrogen-bond donors (Lipinski definition) is 1. The minimum absolute atomic E-state index is 0.161. The SMILES string of the molecule is C#CCN(c1ccc(NC(=O)OC(C)(C)C)c2ccccc12)C(C)CC(=O)OC. The number of carbonyl (C=O) groups excluding carboxylic acids is 2. The maximum atomic E-state index is 12.2. The number of benzene rings is 2. The molecule has 1 unspecified atom stereocenters. The van der Waals surface area contributed by atoms with E-state index in [1.165, 1.54) is 7.11 Å². The molecule has 1 N–H and O–H groups in total. The normalized spacial score (nSPS) is 12.0. The van der Waals surface area contributed by atoms with E-state index in [9.17, 15) is 9.59 Å². The van der Waals surface area contributed by atoms with Crippen LogP contribution >= 0.6 is 0 Å². The predicted molar refractivity (Wildman–Crippen MR) is 116 cm³/mol. The fraction of sp³-hybridized carbons (Fsp3) is 0.391. The number of methoxy groups -OCH3 is 1. The largest absolute Gasteiger partial charge is 0.469 e. The van der Waals surface area contributed by atoms with Crippen molar-refractivity contribution in [2.75, 3.05) is 23.9 Å². The summed E-state index contributed by atoms with van der Waals surface area (Å²) < 4.78 is 10.2. The van der Waals surface area contributed by atoms with Crippen molar-refractivity contribution in [3.05, 3.63) is 36.4 Å². The number of ether oxygens (including phenoxy) is 2. The number of carbonyl (C=O) groups is 2. The standard InChI is InChI=1S/C23H28N2O4/c1-7-14-25(16(2)15-21(26)28-6)20-13-12-19(17-10-8-9-11-18(17)20)24-22(27)29-23(3,4)5/h1,8-13,16H,14-15H2,2-6H3,(H,24,27). The first-order chi connectivity index (χ1) is 13.7. The maximum absolute atomic E-state index is 12.2. The summed E-state index contributed by atoms with van der Waals surface area (Å²) in [5.41, 5.74) is 0.928. The maximum Gasteiger partial charge on any atom is 0.412 e. The summed E-state index contributed by atoms with van der Waals surface area (Å²) in [6, 6.07) is 11.2. The molecule has 2 rings (SSSR count). The van der Waals surface area contributed by atoms with Crippen molar-refractivity contribution in [1.29, 1.82) is 0 Å². The molecule has 0 aliphatic heterocycles. The molecule has 0 saturated heterocycles. The van der Waals surface area contributed by atoms with Crippen LogP contribution in [-0.2, 0) is 14.3 Å². The molecule has 6 heteroatoms. The molecule has 0 aliphatic carbocycles. The summed E-state index contributed by atoms with van der Waals surface area (Å²) >= 11 is 0. The minimum Gasteiger partial charge on any atom is -0.469 e. The number of nitrogens with zero attached hydrogens (tertiary/aromatic N) is 1. The lowest BCUT2D eigenvalue weighted by molar-refractivity contribution is -0.140. The highest BCUT2D eigenvalue weighted by Gasteiger charge is 2.21. The third-order valence-electron chi connectivity index (χ3n) is 4.33. The van der Waals surface area contributed by atoms with Gasteiger partial charge in [0.15, 0.2) is 0 Å². The van der Waals surface area contributed by atoms with Gasteiger partial charge in [-0.3, -0.25) is 10.1 Å². The Morgan fingerprint density at radius 3 is 2.41 bits per heavy atom. The van der Waals surface area contributed by atoms with Crippen molar-refractivity contribution in [2.24, 2.45) is 0 Å². The summed E-state index contributed by atoms with van der Waals surface area (Å²) in [6.45, 7) is 7.70. The van der Waals surface area contributed by atoms with Gasteiger partial charge in [0.25, 0.3) is 0 Å². The molecule has 1 amide bonds. The molecule has 0 aliphatic rings. The minimum atomic E-state index is -0.591. The zero-order valence-electron chi connectivity index (χ0n) is 17.6. The quantitative estimate of drug-likeness (QED) is 0.572. The van der Waals surface area contributed by atoms with Gasteiger partial charge in [0.1, 0.15) is 5.60 Å². The van der Waals surface area contributed by atoms with Crippen LogP contribution in [0, 0.1) is 12.3 Å². The molecule has 0 aromatic heterocycles. The second-order valence-electron chi connectivity index (χ2n) is 7.77. The Bertz CT molecular complexity index is 925. The van der Waals surface area contributed by atoms with Gasteiger partial charge in [-0.15, -0.1) is 6.42 Å². The fourth-order valence-corrected chi connectivity index (χ4v) is 3.07. The molecule has 154 valence electrons. The zero-order chi connectivity index (χ0) is 21.6. The van der Waals surface area contributed by atoms with E-state index in [-0.39, 0.29) is 18.4 Å². The van der Waals surface area contributed by atoms with Crippen LogP contribution in [0.1, 0.15) is 34.1 Å². The number of anilines is 2. The number of rotatable bonds is 6. The molecule has 0 fully saturated rings. The zero-order valence-corrected chi connectivity index (χ0v) is 17.6. The first-order valence-electron chi connectivity index (χ1n) is 9.45. The summed E-state index contributed by atoms with van der Waals surface area (Å²) in [4.78, 5) is 26.0. The topological polar surface area (TPSA) is 67.9 Å². The summed E-state index contributed by atoms with van der Waals surface area (Å²) in [5, 5.41) is 4.58. The first kappa shape index (κ1) is 22.1. The summed E-state index contributed by atoms with van der Waals surface area (Å²) in [7, 11) is 1.37. The van der Waals surface area contributed by atoms with Crippen molar-refractivity contribution in [3.8, 4) is 12.3 Å². The van der Waals surface area contributed by atoms with E-state index in [0.29, 0.717) is 12.2 Å². The Hall–Kier alpha value is -3.20. The van der Waals surface area contributed by atoms with Gasteiger partial charge in [-0.05, 0) is 39.8 Å². The third-order valence-corrected chi connectivity index (χ3v) is 4.33. The monoisotopic (exact) mass is 396 g/mol. The molecule has 29 heavy (non-hydrogen) atoms. The van der Waals surface area contributed by atoms with Crippen LogP contribution in [0.2, 0.25) is 0 Å². The second kappa shape index (κ2) is 9.33. The fourth-order valence-electron chi connectivity index (χ4n) is 3.07. The number of terminal acetylenes is 1. The van der Waals surface area contributed by atoms with Crippen LogP contribution in [0.3, 0.4) is 0 Å². The summed E-state index contributed by atoms with van der Waals surface area (Å²) in [5.74, 6) is 2.36. The van der Waals surface area contributed by atoms with Crippen LogP contribution in [0.15, 0.2) is 36.4 Å². The van der Waals surface area contributed by atoms with Crippen molar-refractivity contribution in [3.63, 3.8) is 0 Å². The lowest BCUT2D eigenvalue weighted by atomic mass is 10.0. The van der Waals surface area contributed by atoms with Gasteiger partial charge in [0.05, 0.1) is 25.8 Å². The van der Waals surface area contributed by atoms with Gasteiger partial charge in [-0.1, -0.05) is 30.2 Å². The van der Waals surface area contributed by atoms with Crippen LogP contribution in [0.25, 0.3) is 10.8 Å². The Balaban J connectivity index is 2.44. The van der Waals surface area contributed by atoms with Crippen LogP contribution in [-0.4, -0.2) is 37.4 Å². The molecule has 2 aromatic carbocycles. The lowest BCUT2D eigenvalue weighted by Gasteiger charge is -2.30. The van der Waals surface area contributed by atoms with E-state index >= 15 is 0 Å². The number of fused-ring (bicyclic) bond motifs is 1. The Morgan fingerprint density at radius 2 is 1.83 bits per heavy atom. The van der Waals surface area contributed by atoms with E-state index in [2.05, 4.69) is 11.2 Å². The van der Waals surface area contributed by atoms with E-state index in [4.69, 9.17) is 15.9 Å². The molecule has 0 spiro atoms. The van der Waals surface area contributed by atoms with Crippen LogP contribution in [0.5, 0.6) is 0 Å². The molecular formula is C23H28N2O4. The van der Waals surface area contributed by atoms with Crippen molar-refractivity contribution in [2.45, 2.75) is 45.8 Å². The van der Waals surface area contributed by atoms with E-state index < -0.39 is 11.7 Å². The molecule has 0 heterocycles. The second-order valence-corrected chi connectivity index (χ2v) is 7.77. The van der Waals surface area contributed by atoms with Crippen molar-refractivity contribution in [1.82, 2.24) is 0 Å². The van der Waals surface area contributed by atoms with Gasteiger partial charge >= 0.3 is 12.1 Å². The average Bonchev–Trinajstić information content (AvgIpc) is 2.65. The van der Waals surface area contributed by atoms with Crippen LogP contribution < -0.4 is 10.2 Å². The number of amides is 1. The Kier molecular flexibility index (Phi) is 7.11. The van der Waals surface area contributed by atoms with Gasteiger partial charge in [-0.25, -0.2) is 4.79 Å². The van der Waals surface area contributed by atoms with Gasteiger partial charge in [-0.2, -0.15) is 0 Å². The molecular weight excluding hydrogens is 368 g/mol. The number of esters is 1. The highest BCUT2D eigenvalue weighted by Crippen LogP contribution is 2.34. The number of hydrogen-bond acceptors (Lipinski definition) is 5. The average molecular weight is 396 g/mol. The molecule has 6 nitrogen and oxygen atoms in total. The molecule has 2 aromatic rings. The predicted octanol–water partition coefficient (Wildman–Crippen LogP) is 4.58. The first-order valence-corrected chi connectivity index (χ1v) is 9.45. The summed E-state index contributed by atoms with van der Waals surface area (Å²) in [6.07, 6.45) is 5.28. The highest BCUT2D eigenvalue weighted by atomic mass is 16.6. The van der Waals surface area contributed by atoms with Crippen LogP contribution in [0.4, 0.5) is 16.2 Å². The molecule has 0 bridgehead atoms. The van der Waals surface area contributed by atoms with E-state index in [1.807, 2.05) is 69.0 Å². The number of nitrogens with one attached hydrogen (secondary N) is 1. The molecule has 1 atom stereocenters. The molecule has 0 saturated carbocycles. The third kappa shape index (κ3) is 5.89. The van der Waals surface area contributed by atoms with Gasteiger partial charge in [0, 0.05) is 22.5 Å². The Labute approximate surface area is 172 Å². The Morgan fingerprint density at radius 1 is 1.17 bits per heavy atom. The van der Waals surface area contributed by atoms with Crippen molar-refractivity contribution >= 4 is 34.2 Å². The van der Waals surface area contributed by atoms with E-state index in [1.54, 1.807) is 0 Å². The molecule has 0 radical (unpaired) electrons. The smallest absolute Gasteiger partial charge is 0.412 e. The van der Waals surface area contributed by atoms with Gasteiger partial charge in [0.2, 0.25) is 0 Å².